The topological polar surface area (TPSA) is 81.1 Å². The van der Waals surface area contributed by atoms with Gasteiger partial charge in [0.05, 0.1) is 16.4 Å². The molecular weight excluding hydrogens is 245 g/mol. The highest BCUT2D eigenvalue weighted by molar-refractivity contribution is 6.31. The van der Waals surface area contributed by atoms with Crippen LogP contribution in [0.3, 0.4) is 0 Å². The fourth-order valence-electron chi connectivity index (χ4n) is 1.36. The van der Waals surface area contributed by atoms with Crippen molar-refractivity contribution >= 4 is 28.9 Å². The van der Waals surface area contributed by atoms with Gasteiger partial charge in [-0.3, -0.25) is 4.79 Å². The number of nitrogens with one attached hydrogen (secondary N) is 1. The van der Waals surface area contributed by atoms with E-state index in [9.17, 15) is 9.18 Å². The van der Waals surface area contributed by atoms with E-state index in [0.717, 1.165) is 6.42 Å². The molecule has 0 aliphatic carbocycles. The third-order valence-electron chi connectivity index (χ3n) is 2.26. The number of anilines is 2. The Morgan fingerprint density at radius 3 is 2.76 bits per heavy atom. The molecule has 0 unspecified atom stereocenters. The lowest BCUT2D eigenvalue weighted by molar-refractivity contribution is -0.118. The van der Waals surface area contributed by atoms with Gasteiger partial charge in [0.1, 0.15) is 5.82 Å². The van der Waals surface area contributed by atoms with Crippen LogP contribution in [-0.4, -0.2) is 12.5 Å². The molecule has 0 aliphatic heterocycles. The van der Waals surface area contributed by atoms with Crippen LogP contribution in [-0.2, 0) is 4.79 Å². The van der Waals surface area contributed by atoms with E-state index in [1.807, 2.05) is 0 Å². The third-order valence-corrected chi connectivity index (χ3v) is 2.55. The normalized spacial score (nSPS) is 10.2. The highest BCUT2D eigenvalue weighted by Gasteiger charge is 2.05. The van der Waals surface area contributed by atoms with Crippen LogP contribution in [0, 0.1) is 5.82 Å². The smallest absolute Gasteiger partial charge is 0.217 e. The largest absolute Gasteiger partial charge is 0.397 e. The van der Waals surface area contributed by atoms with E-state index in [4.69, 9.17) is 23.1 Å². The molecule has 0 saturated heterocycles. The highest BCUT2D eigenvalue weighted by Crippen LogP contribution is 2.25. The molecular formula is C11H15ClFN3O. The molecule has 0 aliphatic rings. The summed E-state index contributed by atoms with van der Waals surface area (Å²) in [6.07, 6.45) is 1.80. The Hall–Kier alpha value is -1.49. The molecule has 1 aromatic rings. The first kappa shape index (κ1) is 13.6. The van der Waals surface area contributed by atoms with Crippen LogP contribution >= 0.6 is 11.6 Å². The van der Waals surface area contributed by atoms with E-state index in [2.05, 4.69) is 5.32 Å². The first-order chi connectivity index (χ1) is 8.00. The number of benzene rings is 1. The number of carbonyl (C=O) groups is 1. The maximum absolute atomic E-state index is 13.2. The first-order valence-corrected chi connectivity index (χ1v) is 5.65. The second-order valence-electron chi connectivity index (χ2n) is 3.70. The minimum atomic E-state index is -0.513. The average Bonchev–Trinajstić information content (AvgIpc) is 2.24. The van der Waals surface area contributed by atoms with Gasteiger partial charge >= 0.3 is 0 Å². The molecule has 0 fully saturated rings. The summed E-state index contributed by atoms with van der Waals surface area (Å²) in [5, 5.41) is 2.98. The van der Waals surface area contributed by atoms with Gasteiger partial charge in [0.2, 0.25) is 5.91 Å². The molecule has 0 aromatic heterocycles. The van der Waals surface area contributed by atoms with Gasteiger partial charge in [0.15, 0.2) is 0 Å². The van der Waals surface area contributed by atoms with E-state index in [1.165, 1.54) is 12.1 Å². The summed E-state index contributed by atoms with van der Waals surface area (Å²) >= 11 is 5.57. The second-order valence-corrected chi connectivity index (χ2v) is 4.11. The van der Waals surface area contributed by atoms with E-state index >= 15 is 0 Å². The number of hydrogen-bond donors (Lipinski definition) is 3. The van der Waals surface area contributed by atoms with Crippen LogP contribution in [0.15, 0.2) is 12.1 Å². The molecule has 5 N–H and O–H groups in total. The van der Waals surface area contributed by atoms with Crippen molar-refractivity contribution in [3.8, 4) is 0 Å². The van der Waals surface area contributed by atoms with E-state index in [1.54, 1.807) is 0 Å². The molecule has 4 nitrogen and oxygen atoms in total. The molecule has 0 radical (unpaired) electrons. The molecule has 0 atom stereocenters. The molecule has 1 amide bonds. The maximum atomic E-state index is 13.2. The zero-order valence-corrected chi connectivity index (χ0v) is 10.1. The summed E-state index contributed by atoms with van der Waals surface area (Å²) in [5.74, 6) is -0.831. The Labute approximate surface area is 104 Å². The van der Waals surface area contributed by atoms with Crippen LogP contribution in [0.25, 0.3) is 0 Å². The Morgan fingerprint density at radius 1 is 1.41 bits per heavy atom. The average molecular weight is 260 g/mol. The third kappa shape index (κ3) is 4.48. The molecule has 1 rings (SSSR count). The minimum Gasteiger partial charge on any atom is -0.397 e. The first-order valence-electron chi connectivity index (χ1n) is 5.27. The SMILES string of the molecule is NC(=O)CCCCNc1cc(F)c(Cl)cc1N. The van der Waals surface area contributed by atoms with Gasteiger partial charge in [-0.15, -0.1) is 0 Å². The minimum absolute atomic E-state index is 0.00165. The predicted octanol–water partition coefficient (Wildman–Crippen LogP) is 2.13. The molecule has 0 heterocycles. The van der Waals surface area contributed by atoms with Crippen molar-refractivity contribution in [2.24, 2.45) is 5.73 Å². The van der Waals surface area contributed by atoms with Gasteiger partial charge in [-0.1, -0.05) is 11.6 Å². The fourth-order valence-corrected chi connectivity index (χ4v) is 1.53. The summed E-state index contributed by atoms with van der Waals surface area (Å²) in [6, 6.07) is 2.62. The molecule has 1 aromatic carbocycles. The lowest BCUT2D eigenvalue weighted by Gasteiger charge is -2.09. The van der Waals surface area contributed by atoms with Crippen molar-refractivity contribution in [2.75, 3.05) is 17.6 Å². The highest BCUT2D eigenvalue weighted by atomic mass is 35.5. The van der Waals surface area contributed by atoms with Gasteiger partial charge in [0.25, 0.3) is 0 Å². The summed E-state index contributed by atoms with van der Waals surface area (Å²) < 4.78 is 13.2. The number of carbonyl (C=O) groups excluding carboxylic acids is 1. The second kappa shape index (κ2) is 6.30. The van der Waals surface area contributed by atoms with Gasteiger partial charge < -0.3 is 16.8 Å². The van der Waals surface area contributed by atoms with Gasteiger partial charge in [-0.25, -0.2) is 4.39 Å². The summed E-state index contributed by atoms with van der Waals surface area (Å²) in [5.41, 5.74) is 11.6. The van der Waals surface area contributed by atoms with Crippen molar-refractivity contribution in [1.29, 1.82) is 0 Å². The van der Waals surface area contributed by atoms with Crippen molar-refractivity contribution in [3.63, 3.8) is 0 Å². The quantitative estimate of drug-likeness (QED) is 0.541. The molecule has 94 valence electrons. The number of halogens is 2. The molecule has 0 bridgehead atoms. The number of rotatable bonds is 6. The van der Waals surface area contributed by atoms with Crippen molar-refractivity contribution in [2.45, 2.75) is 19.3 Å². The Balaban J connectivity index is 2.41. The number of primary amides is 1. The van der Waals surface area contributed by atoms with Crippen LogP contribution in [0.5, 0.6) is 0 Å². The van der Waals surface area contributed by atoms with Crippen LogP contribution in [0.2, 0.25) is 5.02 Å². The lowest BCUT2D eigenvalue weighted by Crippen LogP contribution is -2.11. The van der Waals surface area contributed by atoms with Crippen molar-refractivity contribution in [3.05, 3.63) is 23.0 Å². The molecule has 0 saturated carbocycles. The summed E-state index contributed by atoms with van der Waals surface area (Å²) in [7, 11) is 0. The zero-order chi connectivity index (χ0) is 12.8. The monoisotopic (exact) mass is 259 g/mol. The summed E-state index contributed by atoms with van der Waals surface area (Å²) in [6.45, 7) is 0.596. The van der Waals surface area contributed by atoms with Crippen molar-refractivity contribution < 1.29 is 9.18 Å². The number of unbranched alkanes of at least 4 members (excludes halogenated alkanes) is 1. The number of hydrogen-bond acceptors (Lipinski definition) is 3. The molecule has 6 heteroatoms. The fraction of sp³-hybridized carbons (Fsp3) is 0.364. The number of nitrogen functional groups attached to an aromatic ring is 1. The number of amides is 1. The predicted molar refractivity (Wildman–Crippen MR) is 67.4 cm³/mol. The van der Waals surface area contributed by atoms with Gasteiger partial charge in [-0.2, -0.15) is 0 Å². The van der Waals surface area contributed by atoms with E-state index < -0.39 is 5.82 Å². The molecule has 0 spiro atoms. The maximum Gasteiger partial charge on any atom is 0.217 e. The Kier molecular flexibility index (Phi) is 5.03. The lowest BCUT2D eigenvalue weighted by atomic mass is 10.2. The van der Waals surface area contributed by atoms with E-state index in [0.29, 0.717) is 30.8 Å². The van der Waals surface area contributed by atoms with Crippen molar-refractivity contribution in [1.82, 2.24) is 0 Å². The van der Waals surface area contributed by atoms with Gasteiger partial charge in [-0.05, 0) is 18.9 Å². The summed E-state index contributed by atoms with van der Waals surface area (Å²) in [4.78, 5) is 10.5. The molecule has 17 heavy (non-hydrogen) atoms. The van der Waals surface area contributed by atoms with Gasteiger partial charge in [0, 0.05) is 19.0 Å². The Morgan fingerprint density at radius 2 is 2.12 bits per heavy atom. The Bertz CT molecular complexity index is 412. The number of nitrogens with two attached hydrogens (primary N) is 2. The van der Waals surface area contributed by atoms with E-state index in [-0.39, 0.29) is 10.9 Å². The standard InChI is InChI=1S/C11H15ClFN3O/c12-7-5-9(14)10(6-8(7)13)16-4-2-1-3-11(15)17/h5-6,16H,1-4,14H2,(H2,15,17). The van der Waals surface area contributed by atoms with Crippen LogP contribution < -0.4 is 16.8 Å². The van der Waals surface area contributed by atoms with Crippen LogP contribution in [0.1, 0.15) is 19.3 Å². The zero-order valence-electron chi connectivity index (χ0n) is 9.30. The van der Waals surface area contributed by atoms with Crippen LogP contribution in [0.4, 0.5) is 15.8 Å².